The molecule has 2 saturated carbocycles. The molecular formula is C6H10S4. The van der Waals surface area contributed by atoms with Crippen LogP contribution >= 0.6 is 42.1 Å². The van der Waals surface area contributed by atoms with Crippen LogP contribution in [0.3, 0.4) is 0 Å². The fourth-order valence-electron chi connectivity index (χ4n) is 1.88. The van der Waals surface area contributed by atoms with Gasteiger partial charge < -0.3 is 0 Å². The average Bonchev–Trinajstić information content (AvgIpc) is 2.33. The van der Waals surface area contributed by atoms with Crippen LogP contribution in [-0.4, -0.2) is 5.75 Å². The molecule has 0 aliphatic heterocycles. The zero-order valence-electron chi connectivity index (χ0n) is 5.53. The standard InChI is InChI=1S/C6H10S4/c7-9-10-8-3-6-4-1-2-5(4)6/h4-7H,1-3H2. The van der Waals surface area contributed by atoms with Crippen LogP contribution in [-0.2, 0) is 0 Å². The fourth-order valence-corrected chi connectivity index (χ4v) is 5.45. The van der Waals surface area contributed by atoms with E-state index in [0.29, 0.717) is 0 Å². The molecule has 0 N–H and O–H groups in total. The SMILES string of the molecule is SSSSCC1C2CCC21. The Morgan fingerprint density at radius 1 is 1.30 bits per heavy atom. The molecule has 0 aromatic carbocycles. The van der Waals surface area contributed by atoms with Gasteiger partial charge in [-0.25, -0.2) is 0 Å². The van der Waals surface area contributed by atoms with Crippen molar-refractivity contribution in [1.29, 1.82) is 0 Å². The van der Waals surface area contributed by atoms with Crippen molar-refractivity contribution in [3.05, 3.63) is 0 Å². The number of hydrogen-bond acceptors (Lipinski definition) is 4. The smallest absolute Gasteiger partial charge is 0.00792 e. The second-order valence-corrected chi connectivity index (χ2v) is 7.98. The van der Waals surface area contributed by atoms with E-state index in [2.05, 4.69) is 11.7 Å². The first-order valence-electron chi connectivity index (χ1n) is 3.53. The molecule has 0 spiro atoms. The van der Waals surface area contributed by atoms with E-state index < -0.39 is 0 Å². The van der Waals surface area contributed by atoms with Crippen molar-refractivity contribution in [2.24, 2.45) is 17.8 Å². The Labute approximate surface area is 78.3 Å². The molecule has 0 heterocycles. The Hall–Kier alpha value is 1.40. The van der Waals surface area contributed by atoms with Gasteiger partial charge in [-0.1, -0.05) is 22.5 Å². The summed E-state index contributed by atoms with van der Waals surface area (Å²) in [4.78, 5) is 0. The number of fused-ring (bicyclic) bond motifs is 1. The molecule has 4 heteroatoms. The van der Waals surface area contributed by atoms with Gasteiger partial charge in [0.15, 0.2) is 0 Å². The van der Waals surface area contributed by atoms with Crippen LogP contribution in [0.1, 0.15) is 12.8 Å². The third kappa shape index (κ3) is 1.45. The summed E-state index contributed by atoms with van der Waals surface area (Å²) in [5.41, 5.74) is 0. The van der Waals surface area contributed by atoms with Crippen LogP contribution in [0.5, 0.6) is 0 Å². The minimum absolute atomic E-state index is 1.10. The zero-order valence-corrected chi connectivity index (χ0v) is 8.87. The van der Waals surface area contributed by atoms with Gasteiger partial charge in [0.1, 0.15) is 0 Å². The highest BCUT2D eigenvalue weighted by atomic mass is 33.7. The quantitative estimate of drug-likeness (QED) is 0.429. The lowest BCUT2D eigenvalue weighted by atomic mass is 10.0. The molecule has 0 aromatic rings. The van der Waals surface area contributed by atoms with Gasteiger partial charge in [-0.3, -0.25) is 0 Å². The Kier molecular flexibility index (Phi) is 2.74. The van der Waals surface area contributed by atoms with Gasteiger partial charge in [-0.15, -0.1) is 0 Å². The molecule has 58 valence electrons. The predicted octanol–water partition coefficient (Wildman–Crippen LogP) is 3.52. The summed E-state index contributed by atoms with van der Waals surface area (Å²) >= 11 is 4.06. The lowest BCUT2D eigenvalue weighted by molar-refractivity contribution is 0.468. The summed E-state index contributed by atoms with van der Waals surface area (Å²) in [6.45, 7) is 0. The second kappa shape index (κ2) is 3.42. The second-order valence-electron chi connectivity index (χ2n) is 3.00. The summed E-state index contributed by atoms with van der Waals surface area (Å²) in [5, 5.41) is 0. The van der Waals surface area contributed by atoms with Crippen LogP contribution in [0, 0.1) is 17.8 Å². The molecule has 10 heavy (non-hydrogen) atoms. The Bertz CT molecular complexity index is 117. The Morgan fingerprint density at radius 2 is 2.00 bits per heavy atom. The molecule has 2 aliphatic carbocycles. The number of thiol groups is 1. The zero-order chi connectivity index (χ0) is 6.97. The molecule has 0 aromatic heterocycles. The first-order chi connectivity index (χ1) is 4.93. The average molecular weight is 210 g/mol. The summed E-state index contributed by atoms with van der Waals surface area (Å²) in [6.07, 6.45) is 3.04. The van der Waals surface area contributed by atoms with E-state index in [1.807, 2.05) is 10.8 Å². The van der Waals surface area contributed by atoms with Gasteiger partial charge in [-0.2, -0.15) is 0 Å². The maximum absolute atomic E-state index is 4.06. The van der Waals surface area contributed by atoms with Crippen molar-refractivity contribution in [3.63, 3.8) is 0 Å². The number of rotatable bonds is 4. The molecule has 0 saturated heterocycles. The van der Waals surface area contributed by atoms with E-state index in [0.717, 1.165) is 17.8 Å². The van der Waals surface area contributed by atoms with Crippen molar-refractivity contribution in [2.45, 2.75) is 12.8 Å². The van der Waals surface area contributed by atoms with Crippen molar-refractivity contribution in [2.75, 3.05) is 5.75 Å². The van der Waals surface area contributed by atoms with Gasteiger partial charge in [0, 0.05) is 5.75 Å². The van der Waals surface area contributed by atoms with E-state index in [9.17, 15) is 0 Å². The van der Waals surface area contributed by atoms with Gasteiger partial charge in [0.25, 0.3) is 0 Å². The van der Waals surface area contributed by atoms with Crippen molar-refractivity contribution < 1.29 is 0 Å². The third-order valence-corrected chi connectivity index (χ3v) is 7.30. The summed E-state index contributed by atoms with van der Waals surface area (Å²) in [5.74, 6) is 4.77. The van der Waals surface area contributed by atoms with Gasteiger partial charge in [0.05, 0.1) is 0 Å². The molecule has 0 nitrogen and oxygen atoms in total. The lowest BCUT2D eigenvalue weighted by Crippen LogP contribution is -1.93. The van der Waals surface area contributed by atoms with E-state index in [4.69, 9.17) is 0 Å². The lowest BCUT2D eigenvalue weighted by Gasteiger charge is -2.04. The van der Waals surface area contributed by atoms with Crippen molar-refractivity contribution in [3.8, 4) is 0 Å². The summed E-state index contributed by atoms with van der Waals surface area (Å²) in [7, 11) is 5.35. The van der Waals surface area contributed by atoms with Crippen LogP contribution < -0.4 is 0 Å². The monoisotopic (exact) mass is 210 g/mol. The first-order valence-corrected chi connectivity index (χ1v) is 8.23. The maximum Gasteiger partial charge on any atom is 0.00792 e. The minimum atomic E-state index is 1.10. The van der Waals surface area contributed by atoms with Gasteiger partial charge >= 0.3 is 0 Å². The third-order valence-electron chi connectivity index (χ3n) is 2.68. The molecular weight excluding hydrogens is 200 g/mol. The Balaban J connectivity index is 1.56. The van der Waals surface area contributed by atoms with E-state index in [-0.39, 0.29) is 0 Å². The first kappa shape index (κ1) is 8.02. The van der Waals surface area contributed by atoms with Gasteiger partial charge in [-0.05, 0) is 50.2 Å². The highest BCUT2D eigenvalue weighted by molar-refractivity contribution is 9.23. The minimum Gasteiger partial charge on any atom is -0.0989 e. The molecule has 2 fully saturated rings. The highest BCUT2D eigenvalue weighted by Crippen LogP contribution is 2.63. The molecule has 2 unspecified atom stereocenters. The highest BCUT2D eigenvalue weighted by Gasteiger charge is 2.55. The van der Waals surface area contributed by atoms with Crippen molar-refractivity contribution >= 4 is 42.1 Å². The predicted molar refractivity (Wildman–Crippen MR) is 56.3 cm³/mol. The van der Waals surface area contributed by atoms with Crippen LogP contribution in [0.4, 0.5) is 0 Å². The summed E-state index contributed by atoms with van der Waals surface area (Å²) in [6, 6.07) is 0. The molecule has 0 radical (unpaired) electrons. The van der Waals surface area contributed by atoms with Crippen LogP contribution in [0.15, 0.2) is 0 Å². The molecule has 2 atom stereocenters. The van der Waals surface area contributed by atoms with Gasteiger partial charge in [0.2, 0.25) is 0 Å². The molecule has 2 rings (SSSR count). The van der Waals surface area contributed by atoms with Crippen molar-refractivity contribution in [1.82, 2.24) is 0 Å². The maximum atomic E-state index is 4.06. The molecule has 2 aliphatic rings. The fraction of sp³-hybridized carbons (Fsp3) is 1.00. The molecule has 0 amide bonds. The van der Waals surface area contributed by atoms with E-state index >= 15 is 0 Å². The normalized spacial score (nSPS) is 42.3. The molecule has 0 bridgehead atoms. The Morgan fingerprint density at radius 3 is 2.50 bits per heavy atom. The topological polar surface area (TPSA) is 0 Å². The van der Waals surface area contributed by atoms with Crippen LogP contribution in [0.2, 0.25) is 0 Å². The van der Waals surface area contributed by atoms with Crippen LogP contribution in [0.25, 0.3) is 0 Å². The van der Waals surface area contributed by atoms with E-state index in [1.165, 1.54) is 18.6 Å². The van der Waals surface area contributed by atoms with E-state index in [1.54, 1.807) is 19.7 Å². The number of hydrogen-bond donors (Lipinski definition) is 1. The largest absolute Gasteiger partial charge is 0.0989 e. The summed E-state index contributed by atoms with van der Waals surface area (Å²) < 4.78 is 0.